The number of amides is 1. The number of fused-ring (bicyclic) bond motifs is 1. The predicted molar refractivity (Wildman–Crippen MR) is 131 cm³/mol. The van der Waals surface area contributed by atoms with Gasteiger partial charge in [0.05, 0.1) is 12.8 Å². The highest BCUT2D eigenvalue weighted by Crippen LogP contribution is 2.38. The molecule has 3 aromatic rings. The molecule has 1 amide bonds. The number of carboxylic acid groups (broad SMARTS) is 1. The minimum atomic E-state index is -3.00. The van der Waals surface area contributed by atoms with E-state index < -0.39 is 24.3 Å². The molecule has 0 radical (unpaired) electrons. The van der Waals surface area contributed by atoms with E-state index in [2.05, 4.69) is 14.9 Å². The first-order valence-corrected chi connectivity index (χ1v) is 11.8. The highest BCUT2D eigenvalue weighted by Gasteiger charge is 2.35. The Morgan fingerprint density at radius 3 is 2.55 bits per heavy atom. The van der Waals surface area contributed by atoms with Crippen molar-refractivity contribution in [1.82, 2.24) is 10.1 Å². The molecule has 38 heavy (non-hydrogen) atoms. The van der Waals surface area contributed by atoms with Crippen LogP contribution in [-0.4, -0.2) is 52.7 Å². The van der Waals surface area contributed by atoms with Gasteiger partial charge in [-0.15, -0.1) is 0 Å². The second kappa shape index (κ2) is 10.6. The summed E-state index contributed by atoms with van der Waals surface area (Å²) in [5.41, 5.74) is 1.70. The Morgan fingerprint density at radius 2 is 1.89 bits per heavy atom. The Labute approximate surface area is 217 Å². The van der Waals surface area contributed by atoms with Gasteiger partial charge in [-0.25, -0.2) is 4.79 Å². The summed E-state index contributed by atoms with van der Waals surface area (Å²) < 4.78 is 45.5. The van der Waals surface area contributed by atoms with Crippen molar-refractivity contribution in [3.05, 3.63) is 42.0 Å². The van der Waals surface area contributed by atoms with Crippen LogP contribution in [0.1, 0.15) is 39.2 Å². The molecule has 2 aromatic carbocycles. The van der Waals surface area contributed by atoms with Gasteiger partial charge >= 0.3 is 18.7 Å². The number of anilines is 1. The Bertz CT molecular complexity index is 1340. The zero-order chi connectivity index (χ0) is 27.6. The molecule has 0 aliphatic carbocycles. The number of ether oxygens (including phenoxy) is 3. The summed E-state index contributed by atoms with van der Waals surface area (Å²) in [4.78, 5) is 29.8. The third-order valence-electron chi connectivity index (χ3n) is 5.78. The van der Waals surface area contributed by atoms with Gasteiger partial charge in [0.25, 0.3) is 5.89 Å². The van der Waals surface area contributed by atoms with Crippen LogP contribution >= 0.6 is 0 Å². The maximum atomic E-state index is 12.6. The second-order valence-electron chi connectivity index (χ2n) is 9.65. The lowest BCUT2D eigenvalue weighted by Gasteiger charge is -2.23. The van der Waals surface area contributed by atoms with Crippen LogP contribution in [0, 0.1) is 0 Å². The molecule has 1 aromatic heterocycles. The molecule has 0 fully saturated rings. The van der Waals surface area contributed by atoms with Gasteiger partial charge in [0, 0.05) is 23.6 Å². The minimum absolute atomic E-state index is 0.0752. The number of halogens is 2. The molecule has 4 rings (SSSR count). The van der Waals surface area contributed by atoms with Gasteiger partial charge in [0.15, 0.2) is 11.5 Å². The normalized spacial score (nSPS) is 14.9. The Balaban J connectivity index is 1.53. The van der Waals surface area contributed by atoms with Gasteiger partial charge in [-0.3, -0.25) is 9.69 Å². The first-order chi connectivity index (χ1) is 17.9. The van der Waals surface area contributed by atoms with Crippen molar-refractivity contribution in [3.63, 3.8) is 0 Å². The number of methoxy groups -OCH3 is 1. The average Bonchev–Trinajstić information content (AvgIpc) is 3.46. The van der Waals surface area contributed by atoms with Crippen molar-refractivity contribution in [2.75, 3.05) is 12.0 Å². The summed E-state index contributed by atoms with van der Waals surface area (Å²) in [6.07, 6.45) is -0.303. The van der Waals surface area contributed by atoms with Crippen LogP contribution in [-0.2, 0) is 16.0 Å². The smallest absolute Gasteiger partial charge is 0.412 e. The lowest BCUT2D eigenvalue weighted by Crippen LogP contribution is -2.37. The highest BCUT2D eigenvalue weighted by molar-refractivity contribution is 5.90. The number of rotatable bonds is 8. The number of hydrogen-bond acceptors (Lipinski definition) is 8. The van der Waals surface area contributed by atoms with Gasteiger partial charge in [0.1, 0.15) is 5.60 Å². The number of esters is 1. The molecule has 202 valence electrons. The largest absolute Gasteiger partial charge is 0.493 e. The molecular formula is C26H27F2N3O7. The van der Waals surface area contributed by atoms with E-state index in [0.29, 0.717) is 29.7 Å². The molecule has 1 atom stereocenters. The van der Waals surface area contributed by atoms with E-state index in [1.807, 2.05) is 0 Å². The Kier molecular flexibility index (Phi) is 7.51. The van der Waals surface area contributed by atoms with Crippen LogP contribution in [0.25, 0.3) is 22.8 Å². The van der Waals surface area contributed by atoms with Crippen LogP contribution in [0.15, 0.2) is 40.9 Å². The van der Waals surface area contributed by atoms with E-state index in [9.17, 15) is 23.5 Å². The first kappa shape index (κ1) is 26.8. The fourth-order valence-corrected chi connectivity index (χ4v) is 4.28. The minimum Gasteiger partial charge on any atom is -0.493 e. The molecule has 1 aliphatic rings. The van der Waals surface area contributed by atoms with Crippen molar-refractivity contribution in [3.8, 4) is 34.3 Å². The average molecular weight is 532 g/mol. The van der Waals surface area contributed by atoms with E-state index in [-0.39, 0.29) is 35.6 Å². The van der Waals surface area contributed by atoms with Gasteiger partial charge in [0.2, 0.25) is 5.82 Å². The molecule has 1 unspecified atom stereocenters. The molecule has 0 bridgehead atoms. The van der Waals surface area contributed by atoms with E-state index in [1.54, 1.807) is 39.0 Å². The third kappa shape index (κ3) is 6.01. The van der Waals surface area contributed by atoms with E-state index in [0.717, 1.165) is 5.56 Å². The number of carbonyl (C=O) groups is 2. The summed E-state index contributed by atoms with van der Waals surface area (Å²) in [5, 5.41) is 13.8. The molecular weight excluding hydrogens is 504 g/mol. The highest BCUT2D eigenvalue weighted by atomic mass is 19.3. The van der Waals surface area contributed by atoms with Crippen LogP contribution in [0.4, 0.5) is 19.3 Å². The fraction of sp³-hybridized carbons (Fsp3) is 0.385. The standard InChI is InChI=1S/C26H27F2N3O7/c1-26(2,3)37-21(32)10-7-17-12-16-11-14(5-8-18(16)31(17)25(33)34)22-29-23(38-30-22)15-6-9-19(36-24(27)28)20(13-15)35-4/h5-6,8-9,11,13,17,24H,7,10,12H2,1-4H3,(H,33,34). The molecule has 12 heteroatoms. The number of hydrogen-bond donors (Lipinski definition) is 1. The SMILES string of the molecule is COc1cc(-c2nc(-c3ccc4c(c3)CC(CCC(=O)OC(C)(C)C)N4C(=O)O)no2)ccc1OC(F)F. The summed E-state index contributed by atoms with van der Waals surface area (Å²) in [6, 6.07) is 8.96. The molecule has 10 nitrogen and oxygen atoms in total. The molecule has 0 saturated heterocycles. The monoisotopic (exact) mass is 531 g/mol. The van der Waals surface area contributed by atoms with Crippen molar-refractivity contribution >= 4 is 17.7 Å². The molecule has 1 N–H and O–H groups in total. The van der Waals surface area contributed by atoms with Crippen LogP contribution in [0.2, 0.25) is 0 Å². The number of benzene rings is 2. The quantitative estimate of drug-likeness (QED) is 0.373. The molecule has 1 aliphatic heterocycles. The second-order valence-corrected chi connectivity index (χ2v) is 9.65. The zero-order valence-electron chi connectivity index (χ0n) is 21.2. The van der Waals surface area contributed by atoms with E-state index >= 15 is 0 Å². The zero-order valence-corrected chi connectivity index (χ0v) is 21.2. The van der Waals surface area contributed by atoms with Crippen LogP contribution in [0.3, 0.4) is 0 Å². The third-order valence-corrected chi connectivity index (χ3v) is 5.78. The lowest BCUT2D eigenvalue weighted by molar-refractivity contribution is -0.155. The van der Waals surface area contributed by atoms with E-state index in [1.165, 1.54) is 30.2 Å². The number of nitrogens with zero attached hydrogens (tertiary/aromatic N) is 3. The van der Waals surface area contributed by atoms with Crippen molar-refractivity contribution in [2.24, 2.45) is 0 Å². The van der Waals surface area contributed by atoms with E-state index in [4.69, 9.17) is 14.0 Å². The molecule has 0 spiro atoms. The van der Waals surface area contributed by atoms with Crippen molar-refractivity contribution in [1.29, 1.82) is 0 Å². The maximum Gasteiger partial charge on any atom is 0.412 e. The number of aromatic nitrogens is 2. The molecule has 2 heterocycles. The van der Waals surface area contributed by atoms with Crippen LogP contribution in [0.5, 0.6) is 11.5 Å². The number of carbonyl (C=O) groups excluding carboxylic acids is 1. The summed E-state index contributed by atoms with van der Waals surface area (Å²) >= 11 is 0. The van der Waals surface area contributed by atoms with Crippen LogP contribution < -0.4 is 14.4 Å². The summed E-state index contributed by atoms with van der Waals surface area (Å²) in [5.74, 6) is -0.0529. The Morgan fingerprint density at radius 1 is 1.16 bits per heavy atom. The maximum absolute atomic E-state index is 12.6. The van der Waals surface area contributed by atoms with Gasteiger partial charge < -0.3 is 23.8 Å². The van der Waals surface area contributed by atoms with Gasteiger partial charge in [-0.1, -0.05) is 5.16 Å². The predicted octanol–water partition coefficient (Wildman–Crippen LogP) is 5.54. The van der Waals surface area contributed by atoms with Gasteiger partial charge in [-0.05, 0) is 75.6 Å². The van der Waals surface area contributed by atoms with Crippen molar-refractivity contribution < 1.29 is 42.2 Å². The van der Waals surface area contributed by atoms with Crippen molar-refractivity contribution in [2.45, 2.75) is 58.3 Å². The lowest BCUT2D eigenvalue weighted by atomic mass is 10.0. The Hall–Kier alpha value is -4.22. The molecule has 0 saturated carbocycles. The topological polar surface area (TPSA) is 124 Å². The first-order valence-electron chi connectivity index (χ1n) is 11.8. The fourth-order valence-electron chi connectivity index (χ4n) is 4.28. The summed E-state index contributed by atoms with van der Waals surface area (Å²) in [6.45, 7) is 2.33. The van der Waals surface area contributed by atoms with Gasteiger partial charge in [-0.2, -0.15) is 13.8 Å². The summed E-state index contributed by atoms with van der Waals surface area (Å²) in [7, 11) is 1.32. The number of alkyl halides is 2.